The average Bonchev–Trinajstić information content (AvgIpc) is 3.19. The number of anilines is 6. The third-order valence-corrected chi connectivity index (χ3v) is 6.71. The Kier molecular flexibility index (Phi) is 8.08. The monoisotopic (exact) mass is 545 g/mol. The molecule has 5 rings (SSSR count). The van der Waals surface area contributed by atoms with Crippen molar-refractivity contribution in [3.8, 4) is 5.75 Å². The van der Waals surface area contributed by atoms with Crippen LogP contribution in [0.25, 0.3) is 0 Å². The number of nitrogens with zero attached hydrogens (tertiary/aromatic N) is 5. The van der Waals surface area contributed by atoms with Gasteiger partial charge in [0.2, 0.25) is 17.8 Å². The molecule has 0 saturated carbocycles. The molecule has 208 valence electrons. The number of carbonyl (C=O) groups is 2. The fourth-order valence-corrected chi connectivity index (χ4v) is 4.57. The standard InChI is InChI=1S/C28H31N7O5/c1-4-26(37)30-21-6-5-7-23(14-21)35-18-40-39-17-20-16-29-28(32-27(20)35)31-24-9-8-22(15-25(24)38-3)34-12-10-33(11-13-34)19(2)36/h4-9,14-16H,1,10-13,17-18H2,2-3H3,(H,30,37)(H,29,31,32). The van der Waals surface area contributed by atoms with Crippen LogP contribution in [0, 0.1) is 0 Å². The maximum Gasteiger partial charge on any atom is 0.247 e. The van der Waals surface area contributed by atoms with E-state index >= 15 is 0 Å². The molecule has 1 saturated heterocycles. The molecular weight excluding hydrogens is 514 g/mol. The van der Waals surface area contributed by atoms with Crippen molar-refractivity contribution in [2.75, 3.05) is 60.5 Å². The first kappa shape index (κ1) is 26.9. The topological polar surface area (TPSA) is 121 Å². The van der Waals surface area contributed by atoms with Crippen molar-refractivity contribution in [2.45, 2.75) is 13.5 Å². The van der Waals surface area contributed by atoms with Crippen molar-refractivity contribution >= 4 is 46.3 Å². The number of benzene rings is 2. The molecule has 1 fully saturated rings. The van der Waals surface area contributed by atoms with Crippen molar-refractivity contribution < 1.29 is 24.1 Å². The van der Waals surface area contributed by atoms with E-state index in [1.54, 1.807) is 26.3 Å². The van der Waals surface area contributed by atoms with Crippen LogP contribution in [0.2, 0.25) is 0 Å². The van der Waals surface area contributed by atoms with Gasteiger partial charge in [-0.3, -0.25) is 14.5 Å². The van der Waals surface area contributed by atoms with E-state index in [2.05, 4.69) is 27.1 Å². The van der Waals surface area contributed by atoms with E-state index in [4.69, 9.17) is 19.5 Å². The molecule has 2 aliphatic heterocycles. The second-order valence-electron chi connectivity index (χ2n) is 9.23. The number of methoxy groups -OCH3 is 1. The number of hydrogen-bond donors (Lipinski definition) is 2. The minimum Gasteiger partial charge on any atom is -0.494 e. The van der Waals surface area contributed by atoms with E-state index in [0.717, 1.165) is 30.0 Å². The van der Waals surface area contributed by atoms with Gasteiger partial charge in [0.15, 0.2) is 6.73 Å². The molecule has 2 amide bonds. The van der Waals surface area contributed by atoms with Crippen LogP contribution in [0.1, 0.15) is 12.5 Å². The SMILES string of the molecule is C=CC(=O)Nc1cccc(N2COOCc3cnc(Nc4ccc(N5CCN(C(C)=O)CC5)cc4OC)nc32)c1. The van der Waals surface area contributed by atoms with Crippen molar-refractivity contribution in [1.82, 2.24) is 14.9 Å². The number of nitrogens with one attached hydrogen (secondary N) is 2. The van der Waals surface area contributed by atoms with Gasteiger partial charge in [0, 0.05) is 68.0 Å². The van der Waals surface area contributed by atoms with Gasteiger partial charge in [0.1, 0.15) is 18.2 Å². The Bertz CT molecular complexity index is 1410. The van der Waals surface area contributed by atoms with Gasteiger partial charge < -0.3 is 25.2 Å². The van der Waals surface area contributed by atoms with Crippen molar-refractivity contribution in [3.05, 3.63) is 66.9 Å². The van der Waals surface area contributed by atoms with E-state index in [1.165, 1.54) is 6.08 Å². The van der Waals surface area contributed by atoms with Gasteiger partial charge in [-0.05, 0) is 36.4 Å². The number of piperazine rings is 1. The Balaban J connectivity index is 1.38. The van der Waals surface area contributed by atoms with Gasteiger partial charge >= 0.3 is 0 Å². The van der Waals surface area contributed by atoms with Crippen molar-refractivity contribution in [1.29, 1.82) is 0 Å². The van der Waals surface area contributed by atoms with Crippen LogP contribution in [0.4, 0.5) is 34.5 Å². The van der Waals surface area contributed by atoms with Crippen LogP contribution in [-0.4, -0.2) is 66.7 Å². The Morgan fingerprint density at radius 1 is 1.07 bits per heavy atom. The third kappa shape index (κ3) is 5.98. The highest BCUT2D eigenvalue weighted by Gasteiger charge is 2.23. The summed E-state index contributed by atoms with van der Waals surface area (Å²) in [6, 6.07) is 13.2. The molecule has 0 aliphatic carbocycles. The quantitative estimate of drug-likeness (QED) is 0.337. The summed E-state index contributed by atoms with van der Waals surface area (Å²) in [4.78, 5) is 49.3. The molecule has 2 N–H and O–H groups in total. The zero-order valence-corrected chi connectivity index (χ0v) is 22.4. The lowest BCUT2D eigenvalue weighted by molar-refractivity contribution is -0.299. The molecule has 12 nitrogen and oxygen atoms in total. The van der Waals surface area contributed by atoms with E-state index in [0.29, 0.717) is 42.0 Å². The Morgan fingerprint density at radius 3 is 2.65 bits per heavy atom. The molecular formula is C28H31N7O5. The Morgan fingerprint density at radius 2 is 1.90 bits per heavy atom. The van der Waals surface area contributed by atoms with E-state index in [9.17, 15) is 9.59 Å². The number of carbonyl (C=O) groups excluding carboxylic acids is 2. The van der Waals surface area contributed by atoms with Crippen LogP contribution >= 0.6 is 0 Å². The van der Waals surface area contributed by atoms with Crippen molar-refractivity contribution in [3.63, 3.8) is 0 Å². The summed E-state index contributed by atoms with van der Waals surface area (Å²) in [6.45, 7) is 8.23. The van der Waals surface area contributed by atoms with E-state index in [-0.39, 0.29) is 25.2 Å². The third-order valence-electron chi connectivity index (χ3n) is 6.71. The number of aromatic nitrogens is 2. The molecule has 0 bridgehead atoms. The van der Waals surface area contributed by atoms with Gasteiger partial charge in [-0.2, -0.15) is 4.98 Å². The number of fused-ring (bicyclic) bond motifs is 1. The highest BCUT2D eigenvalue weighted by molar-refractivity contribution is 5.99. The second-order valence-corrected chi connectivity index (χ2v) is 9.23. The first-order chi connectivity index (χ1) is 19.4. The summed E-state index contributed by atoms with van der Waals surface area (Å²) in [7, 11) is 1.62. The average molecular weight is 546 g/mol. The van der Waals surface area contributed by atoms with Crippen LogP contribution in [0.3, 0.4) is 0 Å². The van der Waals surface area contributed by atoms with E-state index in [1.807, 2.05) is 46.2 Å². The molecule has 3 aromatic rings. The maximum absolute atomic E-state index is 11.8. The Labute approximate surface area is 232 Å². The van der Waals surface area contributed by atoms with Gasteiger partial charge in [-0.25, -0.2) is 14.8 Å². The predicted octanol–water partition coefficient (Wildman–Crippen LogP) is 3.58. The first-order valence-electron chi connectivity index (χ1n) is 12.8. The molecule has 40 heavy (non-hydrogen) atoms. The number of hydrogen-bond acceptors (Lipinski definition) is 10. The highest BCUT2D eigenvalue weighted by atomic mass is 17.2. The minimum absolute atomic E-state index is 0.0806. The predicted molar refractivity (Wildman–Crippen MR) is 151 cm³/mol. The molecule has 12 heteroatoms. The zero-order chi connectivity index (χ0) is 28.1. The summed E-state index contributed by atoms with van der Waals surface area (Å²) in [6.07, 6.45) is 2.90. The largest absolute Gasteiger partial charge is 0.494 e. The number of ether oxygens (including phenoxy) is 1. The second kappa shape index (κ2) is 12.0. The summed E-state index contributed by atoms with van der Waals surface area (Å²) in [5.74, 6) is 1.39. The lowest BCUT2D eigenvalue weighted by Crippen LogP contribution is -2.48. The summed E-state index contributed by atoms with van der Waals surface area (Å²) >= 11 is 0. The van der Waals surface area contributed by atoms with Gasteiger partial charge in [-0.15, -0.1) is 0 Å². The highest BCUT2D eigenvalue weighted by Crippen LogP contribution is 2.35. The van der Waals surface area contributed by atoms with Crippen molar-refractivity contribution in [2.24, 2.45) is 0 Å². The lowest BCUT2D eigenvalue weighted by Gasteiger charge is -2.35. The molecule has 2 aliphatic rings. The molecule has 3 heterocycles. The molecule has 2 aromatic carbocycles. The normalized spacial score (nSPS) is 15.1. The van der Waals surface area contributed by atoms with Crippen LogP contribution in [0.15, 0.2) is 61.3 Å². The molecule has 0 atom stereocenters. The minimum atomic E-state index is -0.305. The molecule has 0 radical (unpaired) electrons. The zero-order valence-electron chi connectivity index (χ0n) is 22.4. The fourth-order valence-electron chi connectivity index (χ4n) is 4.57. The summed E-state index contributed by atoms with van der Waals surface area (Å²) in [5, 5.41) is 6.04. The van der Waals surface area contributed by atoms with Gasteiger partial charge in [0.25, 0.3) is 0 Å². The van der Waals surface area contributed by atoms with Gasteiger partial charge in [-0.1, -0.05) is 12.6 Å². The lowest BCUT2D eigenvalue weighted by atomic mass is 10.2. The summed E-state index contributed by atoms with van der Waals surface area (Å²) in [5.41, 5.74) is 3.79. The van der Waals surface area contributed by atoms with Gasteiger partial charge in [0.05, 0.1) is 12.8 Å². The first-order valence-corrected chi connectivity index (χ1v) is 12.8. The number of amides is 2. The van der Waals surface area contributed by atoms with Crippen LogP contribution < -0.4 is 25.2 Å². The maximum atomic E-state index is 11.8. The molecule has 0 spiro atoms. The molecule has 0 unspecified atom stereocenters. The summed E-state index contributed by atoms with van der Waals surface area (Å²) < 4.78 is 5.68. The fraction of sp³-hybridized carbons (Fsp3) is 0.286. The van der Waals surface area contributed by atoms with Crippen LogP contribution in [0.5, 0.6) is 5.75 Å². The molecule has 1 aromatic heterocycles. The van der Waals surface area contributed by atoms with Crippen LogP contribution in [-0.2, 0) is 26.0 Å². The number of rotatable bonds is 7. The smallest absolute Gasteiger partial charge is 0.247 e. The van der Waals surface area contributed by atoms with E-state index < -0.39 is 0 Å². The Hall–Kier alpha value is -4.68.